The summed E-state index contributed by atoms with van der Waals surface area (Å²) in [6.07, 6.45) is 11.6. The summed E-state index contributed by atoms with van der Waals surface area (Å²) >= 11 is 0. The maximum Gasteiger partial charge on any atom is 0.306 e. The Hall–Kier alpha value is -1.98. The maximum absolute atomic E-state index is 13.1. The van der Waals surface area contributed by atoms with Crippen molar-refractivity contribution in [3.8, 4) is 0 Å². The summed E-state index contributed by atoms with van der Waals surface area (Å²) in [5, 5.41) is 0.0923. The van der Waals surface area contributed by atoms with Gasteiger partial charge in [0, 0.05) is 24.7 Å². The summed E-state index contributed by atoms with van der Waals surface area (Å²) in [6.45, 7) is 17.1. The minimum absolute atomic E-state index is 0.0573. The number of aryl methyl sites for hydroxylation is 1. The van der Waals surface area contributed by atoms with Gasteiger partial charge in [0.25, 0.3) is 0 Å². The number of allylic oxidation sites excluding steroid dienone is 2. The molecule has 3 atom stereocenters. The molecule has 1 unspecified atom stereocenters. The Morgan fingerprint density at radius 3 is 2.49 bits per heavy atom. The van der Waals surface area contributed by atoms with Crippen LogP contribution in [0.15, 0.2) is 42.5 Å². The van der Waals surface area contributed by atoms with E-state index in [0.717, 1.165) is 12.8 Å². The van der Waals surface area contributed by atoms with Gasteiger partial charge in [-0.15, -0.1) is 0 Å². The number of esters is 1. The lowest BCUT2D eigenvalue weighted by atomic mass is 9.90. The van der Waals surface area contributed by atoms with Gasteiger partial charge in [0.15, 0.2) is 8.32 Å². The van der Waals surface area contributed by atoms with Gasteiger partial charge in [0.05, 0.1) is 12.2 Å². The molecular formula is C30H46O4Si. The predicted octanol–water partition coefficient (Wildman–Crippen LogP) is 7.67. The highest BCUT2D eigenvalue weighted by atomic mass is 28.4. The van der Waals surface area contributed by atoms with Gasteiger partial charge in [-0.25, -0.2) is 0 Å². The van der Waals surface area contributed by atoms with Crippen LogP contribution in [0.3, 0.4) is 0 Å². The van der Waals surface area contributed by atoms with Crippen LogP contribution < -0.4 is 0 Å². The van der Waals surface area contributed by atoms with E-state index < -0.39 is 8.32 Å². The lowest BCUT2D eigenvalue weighted by molar-refractivity contribution is -0.147. The van der Waals surface area contributed by atoms with Crippen LogP contribution in [0.25, 0.3) is 6.08 Å². The topological polar surface area (TPSA) is 52.6 Å². The molecular weight excluding hydrogens is 452 g/mol. The number of carbonyl (C=O) groups is 2. The van der Waals surface area contributed by atoms with E-state index in [4.69, 9.17) is 9.16 Å². The summed E-state index contributed by atoms with van der Waals surface area (Å²) in [6, 6.07) is 8.32. The van der Waals surface area contributed by atoms with Crippen molar-refractivity contribution in [1.29, 1.82) is 0 Å². The second kappa shape index (κ2) is 12.8. The molecule has 35 heavy (non-hydrogen) atoms. The van der Waals surface area contributed by atoms with Crippen molar-refractivity contribution in [2.75, 3.05) is 0 Å². The van der Waals surface area contributed by atoms with Crippen molar-refractivity contribution in [3.05, 3.63) is 53.6 Å². The van der Waals surface area contributed by atoms with Crippen LogP contribution >= 0.6 is 0 Å². The average molecular weight is 499 g/mol. The van der Waals surface area contributed by atoms with E-state index in [2.05, 4.69) is 77.2 Å². The lowest BCUT2D eigenvalue weighted by Crippen LogP contribution is -2.45. The number of hydrogen-bond acceptors (Lipinski definition) is 4. The first kappa shape index (κ1) is 29.2. The van der Waals surface area contributed by atoms with Crippen LogP contribution in [-0.2, 0) is 18.8 Å². The van der Waals surface area contributed by atoms with E-state index in [9.17, 15) is 9.59 Å². The van der Waals surface area contributed by atoms with E-state index in [1.54, 1.807) is 0 Å². The highest BCUT2D eigenvalue weighted by Gasteiger charge is 2.46. The van der Waals surface area contributed by atoms with Gasteiger partial charge in [-0.3, -0.25) is 9.59 Å². The molecule has 5 heteroatoms. The van der Waals surface area contributed by atoms with Crippen molar-refractivity contribution >= 4 is 26.1 Å². The van der Waals surface area contributed by atoms with Crippen LogP contribution in [0.5, 0.6) is 0 Å². The molecule has 0 radical (unpaired) electrons. The Labute approximate surface area is 214 Å². The van der Waals surface area contributed by atoms with Gasteiger partial charge in [0.2, 0.25) is 0 Å². The molecule has 0 aliphatic heterocycles. The highest BCUT2D eigenvalue weighted by molar-refractivity contribution is 6.74. The van der Waals surface area contributed by atoms with Gasteiger partial charge in [-0.1, -0.05) is 69.3 Å². The standard InChI is InChI=1S/C30H46O4Si/c1-22(2)33-29(32)18-12-10-9-11-17-25-26(20-19-24-16-14-13-15-23(24)3)28(21-27(25)31)34-35(7,8)30(4,5)6/h9,11,13-16,19-20,22,25-26,28H,10,12,17-18,21H2,1-8H3/b11-9-,20-19+/t25-,26-,28?/m1/s1. The molecule has 0 saturated heterocycles. The van der Waals surface area contributed by atoms with Crippen LogP contribution in [-0.4, -0.2) is 32.3 Å². The summed E-state index contributed by atoms with van der Waals surface area (Å²) in [5.41, 5.74) is 2.41. The van der Waals surface area contributed by atoms with Gasteiger partial charge >= 0.3 is 5.97 Å². The van der Waals surface area contributed by atoms with Crippen LogP contribution in [0, 0.1) is 18.8 Å². The molecule has 0 amide bonds. The monoisotopic (exact) mass is 498 g/mol. The van der Waals surface area contributed by atoms with Crippen LogP contribution in [0.2, 0.25) is 18.1 Å². The maximum atomic E-state index is 13.1. The highest BCUT2D eigenvalue weighted by Crippen LogP contribution is 2.43. The normalized spacial score (nSPS) is 21.5. The zero-order valence-corrected chi connectivity index (χ0v) is 24.1. The number of rotatable bonds is 11. The molecule has 0 heterocycles. The van der Waals surface area contributed by atoms with Crippen molar-refractivity contribution < 1.29 is 18.8 Å². The number of benzene rings is 1. The summed E-state index contributed by atoms with van der Waals surface area (Å²) in [4.78, 5) is 24.8. The zero-order chi connectivity index (χ0) is 26.2. The molecule has 0 N–H and O–H groups in total. The third-order valence-corrected chi connectivity index (χ3v) is 11.8. The molecule has 1 aliphatic carbocycles. The first-order valence-corrected chi connectivity index (χ1v) is 16.0. The Kier molecular flexibility index (Phi) is 10.7. The second-order valence-corrected chi connectivity index (χ2v) is 16.4. The third kappa shape index (κ3) is 8.87. The molecule has 1 aromatic carbocycles. The molecule has 0 aromatic heterocycles. The van der Waals surface area contributed by atoms with Crippen molar-refractivity contribution in [2.24, 2.45) is 11.8 Å². The first-order chi connectivity index (χ1) is 16.3. The van der Waals surface area contributed by atoms with Crippen molar-refractivity contribution in [2.45, 2.75) is 104 Å². The second-order valence-electron chi connectivity index (χ2n) is 11.6. The quantitative estimate of drug-likeness (QED) is 0.136. The zero-order valence-electron chi connectivity index (χ0n) is 23.1. The number of unbranched alkanes of at least 4 members (excludes halogenated alkanes) is 1. The van der Waals surface area contributed by atoms with E-state index in [0.29, 0.717) is 25.0 Å². The van der Waals surface area contributed by atoms with Gasteiger partial charge in [0.1, 0.15) is 5.78 Å². The Bertz CT molecular complexity index is 907. The van der Waals surface area contributed by atoms with Crippen LogP contribution in [0.1, 0.15) is 77.8 Å². The molecule has 4 nitrogen and oxygen atoms in total. The number of carbonyl (C=O) groups excluding carboxylic acids is 2. The minimum Gasteiger partial charge on any atom is -0.463 e. The predicted molar refractivity (Wildman–Crippen MR) is 148 cm³/mol. The van der Waals surface area contributed by atoms with E-state index >= 15 is 0 Å². The number of ketones is 1. The molecule has 1 saturated carbocycles. The van der Waals surface area contributed by atoms with Crippen molar-refractivity contribution in [3.63, 3.8) is 0 Å². The molecule has 1 aromatic rings. The molecule has 1 aliphatic rings. The van der Waals surface area contributed by atoms with E-state index in [1.165, 1.54) is 11.1 Å². The number of ether oxygens (including phenoxy) is 1. The van der Waals surface area contributed by atoms with Crippen molar-refractivity contribution in [1.82, 2.24) is 0 Å². The molecule has 194 valence electrons. The molecule has 1 fully saturated rings. The third-order valence-electron chi connectivity index (χ3n) is 7.32. The largest absolute Gasteiger partial charge is 0.463 e. The van der Waals surface area contributed by atoms with E-state index in [-0.39, 0.29) is 35.1 Å². The van der Waals surface area contributed by atoms with Gasteiger partial charge in [-0.2, -0.15) is 0 Å². The Morgan fingerprint density at radius 1 is 1.17 bits per heavy atom. The van der Waals surface area contributed by atoms with E-state index in [1.807, 2.05) is 26.0 Å². The fourth-order valence-corrected chi connectivity index (χ4v) is 5.57. The number of hydrogen-bond donors (Lipinski definition) is 0. The molecule has 0 bridgehead atoms. The Balaban J connectivity index is 2.11. The first-order valence-electron chi connectivity index (χ1n) is 13.1. The number of Topliss-reactive ketones (excluding diaryl/α,β-unsaturated/α-hetero) is 1. The SMILES string of the molecule is Cc1ccccc1/C=C/[C@H]1C(O[Si](C)(C)C(C)(C)C)CC(=O)[C@@H]1C/C=C\CCCC(=O)OC(C)C. The molecule has 2 rings (SSSR count). The Morgan fingerprint density at radius 2 is 1.86 bits per heavy atom. The van der Waals surface area contributed by atoms with Gasteiger partial charge < -0.3 is 9.16 Å². The average Bonchev–Trinajstić information content (AvgIpc) is 3.02. The fraction of sp³-hybridized carbons (Fsp3) is 0.600. The summed E-state index contributed by atoms with van der Waals surface area (Å²) < 4.78 is 12.0. The lowest BCUT2D eigenvalue weighted by Gasteiger charge is -2.39. The van der Waals surface area contributed by atoms with Crippen LogP contribution in [0.4, 0.5) is 0 Å². The summed E-state index contributed by atoms with van der Waals surface area (Å²) in [5.74, 6) is 0.124. The minimum atomic E-state index is -2.01. The smallest absolute Gasteiger partial charge is 0.306 e. The van der Waals surface area contributed by atoms with Gasteiger partial charge in [-0.05, 0) is 69.3 Å². The molecule has 0 spiro atoms. The fourth-order valence-electron chi connectivity index (χ4n) is 4.22. The summed E-state index contributed by atoms with van der Waals surface area (Å²) in [7, 11) is -2.01.